The van der Waals surface area contributed by atoms with E-state index in [1.54, 1.807) is 12.1 Å². The lowest BCUT2D eigenvalue weighted by molar-refractivity contribution is 0.582. The first-order valence-corrected chi connectivity index (χ1v) is 7.18. The van der Waals surface area contributed by atoms with Crippen molar-refractivity contribution in [3.05, 3.63) is 52.7 Å². The molecule has 20 heavy (non-hydrogen) atoms. The van der Waals surface area contributed by atoms with E-state index in [4.69, 9.17) is 0 Å². The molecule has 0 fully saturated rings. The molecule has 0 bridgehead atoms. The van der Waals surface area contributed by atoms with Gasteiger partial charge >= 0.3 is 0 Å². The van der Waals surface area contributed by atoms with Crippen molar-refractivity contribution in [2.45, 2.75) is 11.8 Å². The molecule has 0 saturated heterocycles. The number of nitrogens with one attached hydrogen (secondary N) is 1. The Balaban J connectivity index is 2.27. The molecular weight excluding hydrogens is 280 g/mol. The van der Waals surface area contributed by atoms with Gasteiger partial charge in [-0.3, -0.25) is 4.79 Å². The van der Waals surface area contributed by atoms with E-state index in [2.05, 4.69) is 15.1 Å². The van der Waals surface area contributed by atoms with Crippen LogP contribution in [0.3, 0.4) is 0 Å². The number of aryl methyl sites for hydroxylation is 1. The molecule has 3 rings (SSSR count). The van der Waals surface area contributed by atoms with Crippen molar-refractivity contribution in [3.63, 3.8) is 0 Å². The summed E-state index contributed by atoms with van der Waals surface area (Å²) < 4.78 is 25.7. The molecule has 0 aliphatic heterocycles. The molecule has 3 aromatic rings. The number of hydrogen-bond acceptors (Lipinski definition) is 5. The number of aromatic nitrogens is 4. The molecule has 2 aromatic heterocycles. The smallest absolute Gasteiger partial charge is 0.284 e. The second-order valence-electron chi connectivity index (χ2n) is 4.27. The molecule has 8 heteroatoms. The summed E-state index contributed by atoms with van der Waals surface area (Å²) in [6.07, 6.45) is 2.33. The Bertz CT molecular complexity index is 939. The van der Waals surface area contributed by atoms with Gasteiger partial charge in [-0.05, 0) is 19.1 Å². The average Bonchev–Trinajstić information content (AvgIpc) is 2.85. The predicted molar refractivity (Wildman–Crippen MR) is 71.9 cm³/mol. The van der Waals surface area contributed by atoms with Crippen LogP contribution in [0.4, 0.5) is 0 Å². The van der Waals surface area contributed by atoms with Crippen LogP contribution in [-0.2, 0) is 10.0 Å². The first-order chi connectivity index (χ1) is 9.50. The maximum atomic E-state index is 12.5. The van der Waals surface area contributed by atoms with Crippen LogP contribution in [0, 0.1) is 6.92 Å². The topological polar surface area (TPSA) is 97.7 Å². The van der Waals surface area contributed by atoms with Crippen LogP contribution in [0.15, 0.2) is 46.5 Å². The van der Waals surface area contributed by atoms with Crippen LogP contribution < -0.4 is 5.56 Å². The van der Waals surface area contributed by atoms with Gasteiger partial charge in [0.15, 0.2) is 5.65 Å². The zero-order chi connectivity index (χ0) is 14.3. The number of nitrogens with zero attached hydrogens (tertiary/aromatic N) is 3. The van der Waals surface area contributed by atoms with Gasteiger partial charge in [-0.15, -0.1) is 4.09 Å². The van der Waals surface area contributed by atoms with Crippen molar-refractivity contribution in [3.8, 4) is 0 Å². The molecule has 0 unspecified atom stereocenters. The van der Waals surface area contributed by atoms with E-state index >= 15 is 0 Å². The molecule has 102 valence electrons. The molecule has 0 amide bonds. The summed E-state index contributed by atoms with van der Waals surface area (Å²) in [6, 6.07) is 6.37. The molecule has 0 aliphatic rings. The second kappa shape index (κ2) is 4.27. The van der Waals surface area contributed by atoms with Crippen molar-refractivity contribution in [2.24, 2.45) is 0 Å². The quantitative estimate of drug-likeness (QED) is 0.748. The normalized spacial score (nSPS) is 11.8. The van der Waals surface area contributed by atoms with Crippen molar-refractivity contribution >= 4 is 21.1 Å². The van der Waals surface area contributed by atoms with Gasteiger partial charge in [-0.1, -0.05) is 17.7 Å². The highest BCUT2D eigenvalue weighted by molar-refractivity contribution is 7.90. The minimum atomic E-state index is -3.87. The van der Waals surface area contributed by atoms with Crippen molar-refractivity contribution in [1.29, 1.82) is 0 Å². The molecule has 2 heterocycles. The fraction of sp³-hybridized carbons (Fsp3) is 0.0833. The molecule has 1 aromatic carbocycles. The number of aromatic amines is 1. The minimum absolute atomic E-state index is 0.00863. The lowest BCUT2D eigenvalue weighted by Crippen LogP contribution is -2.16. The lowest BCUT2D eigenvalue weighted by atomic mass is 10.2. The molecule has 1 N–H and O–H groups in total. The highest BCUT2D eigenvalue weighted by Gasteiger charge is 2.21. The molecule has 0 radical (unpaired) electrons. The minimum Gasteiger partial charge on any atom is -0.312 e. The molecule has 7 nitrogen and oxygen atoms in total. The van der Waals surface area contributed by atoms with Gasteiger partial charge in [0.1, 0.15) is 5.39 Å². The van der Waals surface area contributed by atoms with Crippen molar-refractivity contribution in [2.75, 3.05) is 0 Å². The van der Waals surface area contributed by atoms with E-state index in [1.807, 2.05) is 6.92 Å². The highest BCUT2D eigenvalue weighted by atomic mass is 32.2. The summed E-state index contributed by atoms with van der Waals surface area (Å²) in [6.45, 7) is 1.86. The van der Waals surface area contributed by atoms with Gasteiger partial charge < -0.3 is 4.98 Å². The lowest BCUT2D eigenvalue weighted by Gasteiger charge is -2.05. The monoisotopic (exact) mass is 290 g/mol. The van der Waals surface area contributed by atoms with Gasteiger partial charge in [0, 0.05) is 0 Å². The molecular formula is C12H10N4O3S. The molecule has 0 atom stereocenters. The largest absolute Gasteiger partial charge is 0.312 e. The summed E-state index contributed by atoms with van der Waals surface area (Å²) >= 11 is 0. The third kappa shape index (κ3) is 1.81. The van der Waals surface area contributed by atoms with Gasteiger partial charge in [-0.25, -0.2) is 4.98 Å². The Morgan fingerprint density at radius 1 is 1.20 bits per heavy atom. The average molecular weight is 290 g/mol. The summed E-state index contributed by atoms with van der Waals surface area (Å²) in [5.74, 6) is 0. The summed E-state index contributed by atoms with van der Waals surface area (Å²) in [5, 5.41) is 3.90. The van der Waals surface area contributed by atoms with E-state index in [-0.39, 0.29) is 15.9 Å². The molecule has 0 spiro atoms. The van der Waals surface area contributed by atoms with Gasteiger partial charge in [0.05, 0.1) is 17.4 Å². The number of H-pyrrole nitrogens is 1. The Morgan fingerprint density at radius 2 is 1.90 bits per heavy atom. The maximum Gasteiger partial charge on any atom is 0.284 e. The predicted octanol–water partition coefficient (Wildman–Crippen LogP) is 0.665. The Kier molecular flexibility index (Phi) is 2.68. The third-order valence-corrected chi connectivity index (χ3v) is 4.48. The van der Waals surface area contributed by atoms with Crippen molar-refractivity contribution in [1.82, 2.24) is 19.2 Å². The van der Waals surface area contributed by atoms with E-state index in [1.165, 1.54) is 18.3 Å². The molecule has 0 aliphatic carbocycles. The molecule has 0 saturated carbocycles. The summed E-state index contributed by atoms with van der Waals surface area (Å²) in [4.78, 5) is 17.9. The third-order valence-electron chi connectivity index (χ3n) is 2.89. The number of fused-ring (bicyclic) bond motifs is 1. The van der Waals surface area contributed by atoms with Crippen LogP contribution >= 0.6 is 0 Å². The summed E-state index contributed by atoms with van der Waals surface area (Å²) in [5.41, 5.74) is 0.526. The first-order valence-electron chi connectivity index (χ1n) is 5.74. The standard InChI is InChI=1S/C12H10N4O3S/c1-8-2-4-9(5-3-8)20(18,19)16-11-10(6-15-16)12(17)14-7-13-11/h2-7H,1H3,(H,13,14,17). The van der Waals surface area contributed by atoms with Crippen LogP contribution in [0.5, 0.6) is 0 Å². The fourth-order valence-electron chi connectivity index (χ4n) is 1.82. The Hall–Kier alpha value is -2.48. The second-order valence-corrected chi connectivity index (χ2v) is 6.04. The first kappa shape index (κ1) is 12.5. The van der Waals surface area contributed by atoms with Crippen LogP contribution in [0.1, 0.15) is 5.56 Å². The van der Waals surface area contributed by atoms with Gasteiger partial charge in [0.25, 0.3) is 15.6 Å². The van der Waals surface area contributed by atoms with Gasteiger partial charge in [-0.2, -0.15) is 13.5 Å². The highest BCUT2D eigenvalue weighted by Crippen LogP contribution is 2.17. The number of benzene rings is 1. The zero-order valence-electron chi connectivity index (χ0n) is 10.4. The fourth-order valence-corrected chi connectivity index (χ4v) is 3.04. The maximum absolute atomic E-state index is 12.5. The zero-order valence-corrected chi connectivity index (χ0v) is 11.3. The number of rotatable bonds is 2. The van der Waals surface area contributed by atoms with E-state index in [0.29, 0.717) is 0 Å². The van der Waals surface area contributed by atoms with Crippen LogP contribution in [0.25, 0.3) is 11.0 Å². The number of hydrogen-bond donors (Lipinski definition) is 1. The van der Waals surface area contributed by atoms with Crippen LogP contribution in [0.2, 0.25) is 0 Å². The Morgan fingerprint density at radius 3 is 2.60 bits per heavy atom. The van der Waals surface area contributed by atoms with E-state index < -0.39 is 15.6 Å². The van der Waals surface area contributed by atoms with Crippen LogP contribution in [-0.4, -0.2) is 27.6 Å². The van der Waals surface area contributed by atoms with Gasteiger partial charge in [0.2, 0.25) is 0 Å². The van der Waals surface area contributed by atoms with E-state index in [0.717, 1.165) is 16.0 Å². The van der Waals surface area contributed by atoms with Crippen molar-refractivity contribution < 1.29 is 8.42 Å². The summed E-state index contributed by atoms with van der Waals surface area (Å²) in [7, 11) is -3.87. The van der Waals surface area contributed by atoms with E-state index in [9.17, 15) is 13.2 Å². The Labute approximate surface area is 114 Å². The SMILES string of the molecule is Cc1ccc(S(=O)(=O)n2ncc3c(=O)[nH]cnc32)cc1.